The van der Waals surface area contributed by atoms with Crippen molar-refractivity contribution in [1.82, 2.24) is 9.91 Å². The number of aliphatic imine (C=N–C) groups is 1. The topological polar surface area (TPSA) is 48.3 Å². The molecule has 0 saturated carbocycles. The Morgan fingerprint density at radius 1 is 0.903 bits per heavy atom. The number of hydrogen-bond acceptors (Lipinski definition) is 5. The molecule has 5 rings (SSSR count). The highest BCUT2D eigenvalue weighted by atomic mass is 16.1. The van der Waals surface area contributed by atoms with Crippen LogP contribution in [0.1, 0.15) is 39.5 Å². The van der Waals surface area contributed by atoms with E-state index in [1.54, 1.807) is 0 Å². The number of guanidine groups is 1. The fraction of sp³-hybridized carbons (Fsp3) is 0.192. The summed E-state index contributed by atoms with van der Waals surface area (Å²) in [6.45, 7) is 2.35. The minimum absolute atomic E-state index is 0.107. The molecular formula is C26H24N4O. The highest BCUT2D eigenvalue weighted by Crippen LogP contribution is 2.33. The summed E-state index contributed by atoms with van der Waals surface area (Å²) in [4.78, 5) is 20.2. The number of carbonyl (C=O) groups is 1. The monoisotopic (exact) mass is 408 g/mol. The average Bonchev–Trinajstić information content (AvgIpc) is 3.28. The van der Waals surface area contributed by atoms with E-state index in [-0.39, 0.29) is 11.8 Å². The fourth-order valence-corrected chi connectivity index (χ4v) is 4.22. The molecule has 0 aliphatic carbocycles. The SMILES string of the molecule is O=C(CC1c2ccccc2C=NN1C1=NCCN1Cc1ccccc1)c1ccccc1. The van der Waals surface area contributed by atoms with Crippen LogP contribution in [0.25, 0.3) is 0 Å². The second-order valence-corrected chi connectivity index (χ2v) is 7.82. The first-order chi connectivity index (χ1) is 15.3. The van der Waals surface area contributed by atoms with E-state index in [0.717, 1.165) is 42.3 Å². The van der Waals surface area contributed by atoms with E-state index in [9.17, 15) is 4.79 Å². The van der Waals surface area contributed by atoms with Crippen LogP contribution in [0.5, 0.6) is 0 Å². The van der Waals surface area contributed by atoms with E-state index in [2.05, 4.69) is 35.2 Å². The van der Waals surface area contributed by atoms with Gasteiger partial charge in [-0.15, -0.1) is 0 Å². The fourth-order valence-electron chi connectivity index (χ4n) is 4.22. The minimum atomic E-state index is -0.191. The molecule has 0 fully saturated rings. The van der Waals surface area contributed by atoms with Gasteiger partial charge >= 0.3 is 0 Å². The van der Waals surface area contributed by atoms with Gasteiger partial charge in [0.2, 0.25) is 5.96 Å². The van der Waals surface area contributed by atoms with Crippen molar-refractivity contribution in [3.05, 3.63) is 107 Å². The van der Waals surface area contributed by atoms with Crippen molar-refractivity contribution in [2.45, 2.75) is 19.0 Å². The maximum Gasteiger partial charge on any atom is 0.218 e. The van der Waals surface area contributed by atoms with E-state index in [1.165, 1.54) is 5.56 Å². The van der Waals surface area contributed by atoms with Crippen LogP contribution in [-0.4, -0.2) is 41.0 Å². The molecule has 2 aliphatic heterocycles. The van der Waals surface area contributed by atoms with Crippen molar-refractivity contribution in [1.29, 1.82) is 0 Å². The van der Waals surface area contributed by atoms with Gasteiger partial charge in [-0.05, 0) is 16.7 Å². The highest BCUT2D eigenvalue weighted by Gasteiger charge is 2.34. The van der Waals surface area contributed by atoms with Gasteiger partial charge in [-0.25, -0.2) is 10.0 Å². The highest BCUT2D eigenvalue weighted by molar-refractivity contribution is 5.97. The maximum absolute atomic E-state index is 13.1. The van der Waals surface area contributed by atoms with Gasteiger partial charge in [0.1, 0.15) is 0 Å². The first-order valence-electron chi connectivity index (χ1n) is 10.6. The number of nitrogens with zero attached hydrogens (tertiary/aromatic N) is 4. The van der Waals surface area contributed by atoms with Gasteiger partial charge in [-0.3, -0.25) is 4.79 Å². The molecule has 5 heteroatoms. The molecule has 0 aromatic heterocycles. The van der Waals surface area contributed by atoms with Gasteiger partial charge < -0.3 is 4.90 Å². The van der Waals surface area contributed by atoms with E-state index in [0.29, 0.717) is 6.42 Å². The van der Waals surface area contributed by atoms with Crippen molar-refractivity contribution in [3.8, 4) is 0 Å². The molecule has 2 heterocycles. The molecular weight excluding hydrogens is 384 g/mol. The van der Waals surface area contributed by atoms with Gasteiger partial charge in [0.05, 0.1) is 18.8 Å². The molecule has 5 nitrogen and oxygen atoms in total. The normalized spacial score (nSPS) is 17.4. The van der Waals surface area contributed by atoms with E-state index in [1.807, 2.05) is 65.8 Å². The van der Waals surface area contributed by atoms with Gasteiger partial charge in [0, 0.05) is 25.1 Å². The number of ketones is 1. The van der Waals surface area contributed by atoms with Crippen LogP contribution >= 0.6 is 0 Å². The number of rotatable bonds is 5. The average molecular weight is 409 g/mol. The number of hydrazone groups is 1. The molecule has 3 aromatic rings. The second kappa shape index (κ2) is 8.56. The van der Waals surface area contributed by atoms with Crippen molar-refractivity contribution in [3.63, 3.8) is 0 Å². The largest absolute Gasteiger partial charge is 0.335 e. The van der Waals surface area contributed by atoms with E-state index in [4.69, 9.17) is 10.1 Å². The Bertz CT molecular complexity index is 1120. The Labute approximate surface area is 182 Å². The van der Waals surface area contributed by atoms with E-state index >= 15 is 0 Å². The van der Waals surface area contributed by atoms with Gasteiger partial charge in [-0.1, -0.05) is 84.9 Å². The zero-order valence-electron chi connectivity index (χ0n) is 17.3. The number of hydrogen-bond donors (Lipinski definition) is 0. The van der Waals surface area contributed by atoms with Crippen molar-refractivity contribution in [2.24, 2.45) is 10.1 Å². The second-order valence-electron chi connectivity index (χ2n) is 7.82. The molecule has 0 saturated heterocycles. The molecule has 0 N–H and O–H groups in total. The number of Topliss-reactive ketones (excluding diaryl/α,β-unsaturated/α-hetero) is 1. The lowest BCUT2D eigenvalue weighted by molar-refractivity contribution is 0.0945. The summed E-state index contributed by atoms with van der Waals surface area (Å²) in [7, 11) is 0. The third-order valence-electron chi connectivity index (χ3n) is 5.77. The van der Waals surface area contributed by atoms with Crippen molar-refractivity contribution in [2.75, 3.05) is 13.1 Å². The van der Waals surface area contributed by atoms with Crippen LogP contribution < -0.4 is 0 Å². The Morgan fingerprint density at radius 2 is 1.61 bits per heavy atom. The van der Waals surface area contributed by atoms with Crippen molar-refractivity contribution < 1.29 is 4.79 Å². The lowest BCUT2D eigenvalue weighted by Crippen LogP contribution is -2.42. The summed E-state index contributed by atoms with van der Waals surface area (Å²) in [5.41, 5.74) is 4.12. The Morgan fingerprint density at radius 3 is 2.42 bits per heavy atom. The Kier molecular flexibility index (Phi) is 5.31. The van der Waals surface area contributed by atoms with Crippen LogP contribution in [0.3, 0.4) is 0 Å². The predicted molar refractivity (Wildman–Crippen MR) is 123 cm³/mol. The number of fused-ring (bicyclic) bond motifs is 1. The number of carbonyl (C=O) groups excluding carboxylic acids is 1. The molecule has 0 amide bonds. The van der Waals surface area contributed by atoms with Crippen LogP contribution in [-0.2, 0) is 6.54 Å². The molecule has 0 bridgehead atoms. The summed E-state index contributed by atoms with van der Waals surface area (Å²) in [5, 5.41) is 6.70. The van der Waals surface area contributed by atoms with Gasteiger partial charge in [-0.2, -0.15) is 5.10 Å². The zero-order chi connectivity index (χ0) is 21.0. The quantitative estimate of drug-likeness (QED) is 0.583. The summed E-state index contributed by atoms with van der Waals surface area (Å²) in [5.74, 6) is 0.941. The standard InChI is InChI=1S/C26H24N4O/c31-25(21-11-5-2-6-12-21)17-24-23-14-8-7-13-22(23)18-28-30(24)26-27-15-16-29(26)19-20-9-3-1-4-10-20/h1-14,18,24H,15-17,19H2. The molecule has 0 radical (unpaired) electrons. The Hall–Kier alpha value is -3.73. The summed E-state index contributed by atoms with van der Waals surface area (Å²) >= 11 is 0. The predicted octanol–water partition coefficient (Wildman–Crippen LogP) is 4.52. The molecule has 31 heavy (non-hydrogen) atoms. The van der Waals surface area contributed by atoms with Crippen LogP contribution in [0, 0.1) is 0 Å². The van der Waals surface area contributed by atoms with Gasteiger partial charge in [0.15, 0.2) is 5.78 Å². The zero-order valence-corrected chi connectivity index (χ0v) is 17.3. The van der Waals surface area contributed by atoms with Crippen LogP contribution in [0.2, 0.25) is 0 Å². The minimum Gasteiger partial charge on any atom is -0.335 e. The molecule has 1 atom stereocenters. The van der Waals surface area contributed by atoms with Crippen molar-refractivity contribution >= 4 is 18.0 Å². The summed E-state index contributed by atoms with van der Waals surface area (Å²) < 4.78 is 0. The molecule has 2 aliphatic rings. The smallest absolute Gasteiger partial charge is 0.218 e. The number of benzene rings is 3. The lowest BCUT2D eigenvalue weighted by Gasteiger charge is -2.36. The van der Waals surface area contributed by atoms with E-state index < -0.39 is 0 Å². The molecule has 154 valence electrons. The summed E-state index contributed by atoms with van der Waals surface area (Å²) in [6, 6.07) is 27.9. The molecule has 0 spiro atoms. The van der Waals surface area contributed by atoms with Gasteiger partial charge in [0.25, 0.3) is 0 Å². The lowest BCUT2D eigenvalue weighted by atomic mass is 9.93. The third kappa shape index (κ3) is 3.99. The molecule has 3 aromatic carbocycles. The molecule has 1 unspecified atom stereocenters. The first kappa shape index (κ1) is 19.2. The maximum atomic E-state index is 13.1. The first-order valence-corrected chi connectivity index (χ1v) is 10.6. The Balaban J connectivity index is 1.45. The van der Waals surface area contributed by atoms with Crippen LogP contribution in [0.4, 0.5) is 0 Å². The van der Waals surface area contributed by atoms with Crippen LogP contribution in [0.15, 0.2) is 95.0 Å². The third-order valence-corrected chi connectivity index (χ3v) is 5.77. The summed E-state index contributed by atoms with van der Waals surface area (Å²) in [6.07, 6.45) is 2.22.